The molecule has 5 nitrogen and oxygen atoms in total. The molecule has 0 atom stereocenters. The molecule has 2 aromatic carbocycles. The van der Waals surface area contributed by atoms with Gasteiger partial charge in [0.05, 0.1) is 19.8 Å². The van der Waals surface area contributed by atoms with Gasteiger partial charge in [-0.15, -0.1) is 0 Å². The molecule has 0 saturated heterocycles. The quantitative estimate of drug-likeness (QED) is 0.852. The van der Waals surface area contributed by atoms with Crippen molar-refractivity contribution in [1.29, 1.82) is 0 Å². The van der Waals surface area contributed by atoms with Crippen LogP contribution in [0.5, 0.6) is 11.5 Å². The van der Waals surface area contributed by atoms with Crippen LogP contribution < -0.4 is 15.2 Å². The number of carbonyl (C=O) groups excluding carboxylic acids is 1. The lowest BCUT2D eigenvalue weighted by Crippen LogP contribution is -2.35. The van der Waals surface area contributed by atoms with Gasteiger partial charge in [-0.1, -0.05) is 30.3 Å². The van der Waals surface area contributed by atoms with Gasteiger partial charge in [0, 0.05) is 19.6 Å². The summed E-state index contributed by atoms with van der Waals surface area (Å²) < 4.78 is 10.5. The summed E-state index contributed by atoms with van der Waals surface area (Å²) in [5, 5.41) is 0. The van der Waals surface area contributed by atoms with Crippen molar-refractivity contribution < 1.29 is 14.3 Å². The second-order valence-corrected chi connectivity index (χ2v) is 5.07. The van der Waals surface area contributed by atoms with Crippen molar-refractivity contribution in [1.82, 2.24) is 4.90 Å². The van der Waals surface area contributed by atoms with Crippen molar-refractivity contribution in [3.8, 4) is 11.5 Å². The maximum Gasteiger partial charge on any atom is 0.258 e. The van der Waals surface area contributed by atoms with E-state index < -0.39 is 0 Å². The van der Waals surface area contributed by atoms with Gasteiger partial charge < -0.3 is 20.1 Å². The van der Waals surface area contributed by atoms with E-state index in [0.717, 1.165) is 5.56 Å². The molecule has 1 amide bonds. The van der Waals surface area contributed by atoms with Gasteiger partial charge in [0.1, 0.15) is 11.5 Å². The summed E-state index contributed by atoms with van der Waals surface area (Å²) >= 11 is 0. The van der Waals surface area contributed by atoms with Gasteiger partial charge >= 0.3 is 0 Å². The minimum Gasteiger partial charge on any atom is -0.497 e. The van der Waals surface area contributed by atoms with Gasteiger partial charge in [-0.2, -0.15) is 0 Å². The number of amides is 1. The van der Waals surface area contributed by atoms with Crippen LogP contribution >= 0.6 is 0 Å². The summed E-state index contributed by atoms with van der Waals surface area (Å²) in [7, 11) is 3.11. The highest BCUT2D eigenvalue weighted by atomic mass is 16.5. The molecule has 0 aromatic heterocycles. The number of nitrogens with zero attached hydrogens (tertiary/aromatic N) is 1. The molecule has 0 aliphatic heterocycles. The van der Waals surface area contributed by atoms with Crippen LogP contribution in [0.2, 0.25) is 0 Å². The molecule has 0 unspecified atom stereocenters. The summed E-state index contributed by atoms with van der Waals surface area (Å²) in [4.78, 5) is 14.6. The molecule has 0 aliphatic rings. The average molecular weight is 314 g/mol. The number of carbonyl (C=O) groups is 1. The molecule has 2 aromatic rings. The summed E-state index contributed by atoms with van der Waals surface area (Å²) in [6.07, 6.45) is 0. The highest BCUT2D eigenvalue weighted by Gasteiger charge is 2.20. The monoisotopic (exact) mass is 314 g/mol. The Morgan fingerprint density at radius 1 is 1.09 bits per heavy atom. The molecule has 5 heteroatoms. The van der Waals surface area contributed by atoms with Crippen molar-refractivity contribution in [2.45, 2.75) is 6.54 Å². The number of rotatable bonds is 7. The van der Waals surface area contributed by atoms with Gasteiger partial charge in [-0.25, -0.2) is 0 Å². The first-order valence-electron chi connectivity index (χ1n) is 7.45. The van der Waals surface area contributed by atoms with Gasteiger partial charge in [0.25, 0.3) is 5.91 Å². The Morgan fingerprint density at radius 2 is 1.83 bits per heavy atom. The number of methoxy groups -OCH3 is 2. The molecule has 2 rings (SSSR count). The SMILES string of the molecule is COc1ccc(OC)c(C(=O)N(CCN)Cc2ccccc2)c1. The fourth-order valence-electron chi connectivity index (χ4n) is 2.36. The van der Waals surface area contributed by atoms with E-state index in [1.807, 2.05) is 30.3 Å². The zero-order valence-electron chi connectivity index (χ0n) is 13.5. The number of benzene rings is 2. The van der Waals surface area contributed by atoms with E-state index in [4.69, 9.17) is 15.2 Å². The largest absolute Gasteiger partial charge is 0.497 e. The third kappa shape index (κ3) is 4.23. The van der Waals surface area contributed by atoms with Crippen molar-refractivity contribution in [2.24, 2.45) is 5.73 Å². The molecular formula is C18H22N2O3. The highest BCUT2D eigenvalue weighted by Crippen LogP contribution is 2.25. The third-order valence-corrected chi connectivity index (χ3v) is 3.54. The van der Waals surface area contributed by atoms with Gasteiger partial charge in [-0.3, -0.25) is 4.79 Å². The molecule has 122 valence electrons. The van der Waals surface area contributed by atoms with Crippen molar-refractivity contribution in [3.63, 3.8) is 0 Å². The molecule has 23 heavy (non-hydrogen) atoms. The smallest absolute Gasteiger partial charge is 0.258 e. The van der Waals surface area contributed by atoms with Crippen LogP contribution in [-0.2, 0) is 6.54 Å². The van der Waals surface area contributed by atoms with E-state index in [1.54, 1.807) is 37.3 Å². The van der Waals surface area contributed by atoms with Crippen molar-refractivity contribution >= 4 is 5.91 Å². The lowest BCUT2D eigenvalue weighted by molar-refractivity contribution is 0.0744. The number of ether oxygens (including phenoxy) is 2. The van der Waals surface area contributed by atoms with E-state index in [1.165, 1.54) is 0 Å². The molecule has 0 bridgehead atoms. The Kier molecular flexibility index (Phi) is 6.00. The van der Waals surface area contributed by atoms with Crippen LogP contribution in [-0.4, -0.2) is 38.1 Å². The first-order valence-corrected chi connectivity index (χ1v) is 7.45. The number of hydrogen-bond donors (Lipinski definition) is 1. The average Bonchev–Trinajstić information content (AvgIpc) is 2.61. The third-order valence-electron chi connectivity index (χ3n) is 3.54. The number of hydrogen-bond acceptors (Lipinski definition) is 4. The summed E-state index contributed by atoms with van der Waals surface area (Å²) in [5.74, 6) is 1.00. The van der Waals surface area contributed by atoms with Crippen molar-refractivity contribution in [2.75, 3.05) is 27.3 Å². The second-order valence-electron chi connectivity index (χ2n) is 5.07. The Balaban J connectivity index is 2.30. The molecule has 0 radical (unpaired) electrons. The maximum atomic E-state index is 12.9. The topological polar surface area (TPSA) is 64.8 Å². The van der Waals surface area contributed by atoms with Gasteiger partial charge in [0.2, 0.25) is 0 Å². The molecule has 0 heterocycles. The summed E-state index contributed by atoms with van der Waals surface area (Å²) in [6.45, 7) is 1.36. The number of nitrogens with two attached hydrogens (primary N) is 1. The van der Waals surface area contributed by atoms with Crippen LogP contribution in [0.15, 0.2) is 48.5 Å². The standard InChI is InChI=1S/C18H22N2O3/c1-22-15-8-9-17(23-2)16(12-15)18(21)20(11-10-19)13-14-6-4-3-5-7-14/h3-9,12H,10-11,13,19H2,1-2H3. The molecule has 0 saturated carbocycles. The predicted molar refractivity (Wildman–Crippen MR) is 89.8 cm³/mol. The normalized spacial score (nSPS) is 10.2. The predicted octanol–water partition coefficient (Wildman–Crippen LogP) is 2.30. The molecule has 0 spiro atoms. The minimum absolute atomic E-state index is 0.130. The van der Waals surface area contributed by atoms with Crippen molar-refractivity contribution in [3.05, 3.63) is 59.7 Å². The molecule has 0 aliphatic carbocycles. The maximum absolute atomic E-state index is 12.9. The Bertz CT molecular complexity index is 644. The minimum atomic E-state index is -0.130. The van der Waals surface area contributed by atoms with Gasteiger partial charge in [0.15, 0.2) is 0 Å². The van der Waals surface area contributed by atoms with Crippen LogP contribution in [0.1, 0.15) is 15.9 Å². The highest BCUT2D eigenvalue weighted by molar-refractivity contribution is 5.97. The molecule has 2 N–H and O–H groups in total. The fraction of sp³-hybridized carbons (Fsp3) is 0.278. The molecule has 0 fully saturated rings. The summed E-state index contributed by atoms with van der Waals surface area (Å²) in [5.41, 5.74) is 7.20. The first-order chi connectivity index (χ1) is 11.2. The van der Waals surface area contributed by atoms with E-state index in [9.17, 15) is 4.79 Å². The zero-order chi connectivity index (χ0) is 16.7. The van der Waals surface area contributed by atoms with E-state index in [-0.39, 0.29) is 5.91 Å². The van der Waals surface area contributed by atoms with Crippen LogP contribution in [0.3, 0.4) is 0 Å². The summed E-state index contributed by atoms with van der Waals surface area (Å²) in [6, 6.07) is 15.0. The lowest BCUT2D eigenvalue weighted by Gasteiger charge is -2.23. The van der Waals surface area contributed by atoms with E-state index in [0.29, 0.717) is 36.7 Å². The van der Waals surface area contributed by atoms with E-state index >= 15 is 0 Å². The van der Waals surface area contributed by atoms with Crippen LogP contribution in [0.4, 0.5) is 0 Å². The Morgan fingerprint density at radius 3 is 2.43 bits per heavy atom. The molecular weight excluding hydrogens is 292 g/mol. The van der Waals surface area contributed by atoms with E-state index in [2.05, 4.69) is 0 Å². The van der Waals surface area contributed by atoms with Crippen LogP contribution in [0, 0.1) is 0 Å². The second kappa shape index (κ2) is 8.19. The lowest BCUT2D eigenvalue weighted by atomic mass is 10.1. The zero-order valence-corrected chi connectivity index (χ0v) is 13.5. The van der Waals surface area contributed by atoms with Gasteiger partial charge in [-0.05, 0) is 23.8 Å². The van der Waals surface area contributed by atoms with Crippen LogP contribution in [0.25, 0.3) is 0 Å². The Hall–Kier alpha value is -2.53. The Labute approximate surface area is 136 Å². The fourth-order valence-corrected chi connectivity index (χ4v) is 2.36. The first kappa shape index (κ1) is 16.8.